The Hall–Kier alpha value is -0.340. The third-order valence-corrected chi connectivity index (χ3v) is 11.1. The zero-order valence-electron chi connectivity index (χ0n) is 22.6. The average Bonchev–Trinajstić information content (AvgIpc) is 3.12. The van der Waals surface area contributed by atoms with Crippen molar-refractivity contribution in [2.75, 3.05) is 6.61 Å². The van der Waals surface area contributed by atoms with Crippen LogP contribution in [0.3, 0.4) is 0 Å². The van der Waals surface area contributed by atoms with Gasteiger partial charge in [0, 0.05) is 12.6 Å². The second kappa shape index (κ2) is 10.1. The first-order valence-electron chi connectivity index (χ1n) is 14.2. The van der Waals surface area contributed by atoms with Crippen LogP contribution in [0.4, 0.5) is 0 Å². The summed E-state index contributed by atoms with van der Waals surface area (Å²) in [4.78, 5) is 0. The van der Waals surface area contributed by atoms with Crippen molar-refractivity contribution in [1.29, 1.82) is 0 Å². The van der Waals surface area contributed by atoms with Gasteiger partial charge in [0.15, 0.2) is 0 Å². The van der Waals surface area contributed by atoms with E-state index >= 15 is 0 Å². The van der Waals surface area contributed by atoms with Crippen molar-refractivity contribution in [1.82, 2.24) is 0 Å². The van der Waals surface area contributed by atoms with Gasteiger partial charge in [0.05, 0.1) is 0 Å². The number of hydrogen-bond donors (Lipinski definition) is 2. The van der Waals surface area contributed by atoms with Crippen LogP contribution in [0, 0.1) is 39.9 Å². The van der Waals surface area contributed by atoms with Crippen molar-refractivity contribution in [3.05, 3.63) is 11.1 Å². The Morgan fingerprint density at radius 1 is 0.969 bits per heavy atom. The maximum atomic E-state index is 9.29. The first-order chi connectivity index (χ1) is 15.1. The quantitative estimate of drug-likeness (QED) is 0.322. The molecule has 7 atom stereocenters. The molecule has 2 fully saturated rings. The van der Waals surface area contributed by atoms with E-state index in [4.69, 9.17) is 5.73 Å². The summed E-state index contributed by atoms with van der Waals surface area (Å²) in [5.74, 6) is 3.02. The summed E-state index contributed by atoms with van der Waals surface area (Å²) in [6.45, 7) is 16.7. The summed E-state index contributed by atoms with van der Waals surface area (Å²) in [6.07, 6.45) is 16.2. The Morgan fingerprint density at radius 2 is 1.69 bits per heavy atom. The van der Waals surface area contributed by atoms with Gasteiger partial charge in [-0.15, -0.1) is 0 Å². The van der Waals surface area contributed by atoms with E-state index in [1.54, 1.807) is 0 Å². The molecule has 0 aromatic rings. The summed E-state index contributed by atoms with van der Waals surface area (Å²) in [7, 11) is 0. The molecule has 0 aliphatic heterocycles. The monoisotopic (exact) mass is 445 g/mol. The predicted octanol–water partition coefficient (Wildman–Crippen LogP) is 7.89. The maximum Gasteiger partial charge on any atom is 0.0456 e. The molecule has 32 heavy (non-hydrogen) atoms. The first kappa shape index (κ1) is 26.3. The summed E-state index contributed by atoms with van der Waals surface area (Å²) in [5.41, 5.74) is 11.7. The number of fused-ring (bicyclic) bond motifs is 4. The molecular weight excluding hydrogens is 390 g/mol. The third kappa shape index (κ3) is 4.37. The molecule has 0 aromatic carbocycles. The van der Waals surface area contributed by atoms with E-state index in [-0.39, 0.29) is 5.41 Å². The van der Waals surface area contributed by atoms with E-state index in [1.807, 2.05) is 25.0 Å². The van der Waals surface area contributed by atoms with Crippen LogP contribution in [0.5, 0.6) is 0 Å². The number of unbranched alkanes of at least 4 members (excludes halogenated alkanes) is 1. The summed E-state index contributed by atoms with van der Waals surface area (Å²) >= 11 is 0. The smallest absolute Gasteiger partial charge is 0.0456 e. The van der Waals surface area contributed by atoms with Gasteiger partial charge in [-0.2, -0.15) is 0 Å². The van der Waals surface area contributed by atoms with Crippen molar-refractivity contribution < 1.29 is 5.11 Å². The fraction of sp³-hybridized carbons (Fsp3) is 0.933. The molecule has 2 saturated carbocycles. The molecule has 0 amide bonds. The standard InChI is InChI=1S/C28H49NO.C2H6/c1-19(18-30)8-6-7-9-20-10-12-22-21-11-13-24-26(2,3)25(29)15-17-28(24,5)23(21)14-16-27(20,22)4;1-2/h19-20,22,24-25,30H,6-18,29H2,1-5H3;1-2H3. The van der Waals surface area contributed by atoms with Crippen LogP contribution in [0.2, 0.25) is 0 Å². The zero-order valence-corrected chi connectivity index (χ0v) is 22.6. The number of nitrogens with two attached hydrogens (primary N) is 1. The Morgan fingerprint density at radius 3 is 2.38 bits per heavy atom. The number of aliphatic hydroxyl groups is 1. The molecule has 0 bridgehead atoms. The highest BCUT2D eigenvalue weighted by Crippen LogP contribution is 2.67. The lowest BCUT2D eigenvalue weighted by Crippen LogP contribution is -2.56. The SMILES string of the molecule is CC.CC(CO)CCCCC1CCC2C3=C(CCC12C)C1(C)CCC(N)C(C)(C)C1CC3. The molecular formula is C30H55NO. The molecule has 7 unspecified atom stereocenters. The van der Waals surface area contributed by atoms with Gasteiger partial charge in [-0.3, -0.25) is 0 Å². The van der Waals surface area contributed by atoms with E-state index < -0.39 is 0 Å². The zero-order chi connectivity index (χ0) is 23.7. The molecule has 0 heterocycles. The van der Waals surface area contributed by atoms with Gasteiger partial charge in [-0.1, -0.05) is 72.5 Å². The highest BCUT2D eigenvalue weighted by molar-refractivity contribution is 5.35. The summed E-state index contributed by atoms with van der Waals surface area (Å²) < 4.78 is 0. The van der Waals surface area contributed by atoms with E-state index in [1.165, 1.54) is 77.0 Å². The molecule has 0 spiro atoms. The van der Waals surface area contributed by atoms with Gasteiger partial charge < -0.3 is 10.8 Å². The highest BCUT2D eigenvalue weighted by atomic mass is 16.3. The van der Waals surface area contributed by atoms with Crippen molar-refractivity contribution in [3.63, 3.8) is 0 Å². The normalized spacial score (nSPS) is 41.2. The molecule has 4 aliphatic rings. The van der Waals surface area contributed by atoms with Crippen molar-refractivity contribution >= 4 is 0 Å². The van der Waals surface area contributed by atoms with E-state index in [0.29, 0.717) is 29.4 Å². The third-order valence-electron chi connectivity index (χ3n) is 11.1. The van der Waals surface area contributed by atoms with E-state index in [0.717, 1.165) is 17.8 Å². The van der Waals surface area contributed by atoms with Gasteiger partial charge >= 0.3 is 0 Å². The average molecular weight is 446 g/mol. The topological polar surface area (TPSA) is 46.2 Å². The Kier molecular flexibility index (Phi) is 8.30. The van der Waals surface area contributed by atoms with Crippen LogP contribution in [-0.4, -0.2) is 17.8 Å². The van der Waals surface area contributed by atoms with Gasteiger partial charge in [0.25, 0.3) is 0 Å². The van der Waals surface area contributed by atoms with Gasteiger partial charge in [0.2, 0.25) is 0 Å². The lowest BCUT2D eigenvalue weighted by atomic mass is 9.45. The highest BCUT2D eigenvalue weighted by Gasteiger charge is 2.58. The Labute approximate surface area is 200 Å². The van der Waals surface area contributed by atoms with Crippen LogP contribution in [0.15, 0.2) is 11.1 Å². The molecule has 4 rings (SSSR count). The molecule has 0 saturated heterocycles. The van der Waals surface area contributed by atoms with E-state index in [2.05, 4.69) is 34.6 Å². The minimum absolute atomic E-state index is 0.274. The molecule has 2 heteroatoms. The lowest BCUT2D eigenvalue weighted by molar-refractivity contribution is -0.0163. The van der Waals surface area contributed by atoms with Crippen LogP contribution >= 0.6 is 0 Å². The van der Waals surface area contributed by atoms with Crippen LogP contribution in [0.25, 0.3) is 0 Å². The fourth-order valence-corrected chi connectivity index (χ4v) is 8.89. The van der Waals surface area contributed by atoms with Crippen LogP contribution < -0.4 is 5.73 Å². The molecule has 2 nitrogen and oxygen atoms in total. The molecule has 0 radical (unpaired) electrons. The molecule has 4 aliphatic carbocycles. The number of rotatable bonds is 6. The fourth-order valence-electron chi connectivity index (χ4n) is 8.89. The van der Waals surface area contributed by atoms with Crippen molar-refractivity contribution in [3.8, 4) is 0 Å². The number of allylic oxidation sites excluding steroid dienone is 2. The van der Waals surface area contributed by atoms with Crippen molar-refractivity contribution in [2.45, 2.75) is 132 Å². The van der Waals surface area contributed by atoms with Crippen molar-refractivity contribution in [2.24, 2.45) is 45.7 Å². The van der Waals surface area contributed by atoms with E-state index in [9.17, 15) is 5.11 Å². The van der Waals surface area contributed by atoms with Gasteiger partial charge in [0.1, 0.15) is 0 Å². The van der Waals surface area contributed by atoms with Gasteiger partial charge in [-0.25, -0.2) is 0 Å². The number of aliphatic hydroxyl groups excluding tert-OH is 1. The molecule has 3 N–H and O–H groups in total. The maximum absolute atomic E-state index is 9.29. The van der Waals surface area contributed by atoms with Crippen LogP contribution in [0.1, 0.15) is 126 Å². The minimum Gasteiger partial charge on any atom is -0.396 e. The van der Waals surface area contributed by atoms with Crippen LogP contribution in [-0.2, 0) is 0 Å². The second-order valence-electron chi connectivity index (χ2n) is 12.9. The summed E-state index contributed by atoms with van der Waals surface area (Å²) in [6, 6.07) is 0.371. The number of hydrogen-bond acceptors (Lipinski definition) is 2. The largest absolute Gasteiger partial charge is 0.396 e. The molecule has 186 valence electrons. The minimum atomic E-state index is 0.274. The second-order valence-corrected chi connectivity index (χ2v) is 12.9. The van der Waals surface area contributed by atoms with Gasteiger partial charge in [-0.05, 0) is 104 Å². The Bertz CT molecular complexity index is 666. The first-order valence-corrected chi connectivity index (χ1v) is 14.2. The predicted molar refractivity (Wildman–Crippen MR) is 138 cm³/mol. The summed E-state index contributed by atoms with van der Waals surface area (Å²) in [5, 5.41) is 9.29. The molecule has 0 aromatic heterocycles. The Balaban J connectivity index is 0.00000141. The lowest BCUT2D eigenvalue weighted by Gasteiger charge is -2.60.